The van der Waals surface area contributed by atoms with Crippen molar-refractivity contribution in [1.82, 2.24) is 25.0 Å². The zero-order valence-electron chi connectivity index (χ0n) is 12.5. The maximum absolute atomic E-state index is 12.1. The van der Waals surface area contributed by atoms with Crippen molar-refractivity contribution in [2.24, 2.45) is 0 Å². The Balaban J connectivity index is 1.82. The normalized spacial score (nSPS) is 11.4. The fraction of sp³-hybridized carbons (Fsp3) is 0.333. The van der Waals surface area contributed by atoms with Gasteiger partial charge in [-0.05, 0) is 25.6 Å². The molecule has 2 aromatic heterocycles. The van der Waals surface area contributed by atoms with E-state index in [2.05, 4.69) is 25.0 Å². The number of nitrogens with one attached hydrogen (secondary N) is 1. The summed E-state index contributed by atoms with van der Waals surface area (Å²) in [6.07, 6.45) is 0. The lowest BCUT2D eigenvalue weighted by Gasteiger charge is -2.17. The van der Waals surface area contributed by atoms with E-state index in [4.69, 9.17) is 4.52 Å². The number of hydrogen-bond donors (Lipinski definition) is 1. The molecule has 0 aliphatic carbocycles. The smallest absolute Gasteiger partial charge is 0.258 e. The van der Waals surface area contributed by atoms with Gasteiger partial charge in [-0.25, -0.2) is 4.98 Å². The van der Waals surface area contributed by atoms with Crippen molar-refractivity contribution in [3.8, 4) is 0 Å². The van der Waals surface area contributed by atoms with E-state index in [-0.39, 0.29) is 5.56 Å². The van der Waals surface area contributed by atoms with Crippen molar-refractivity contribution >= 4 is 10.9 Å². The molecule has 114 valence electrons. The molecule has 0 amide bonds. The molecule has 3 aromatic rings. The molecule has 0 aliphatic heterocycles. The van der Waals surface area contributed by atoms with Crippen molar-refractivity contribution in [3.63, 3.8) is 0 Å². The molecule has 1 aromatic carbocycles. The van der Waals surface area contributed by atoms with Gasteiger partial charge in [0.15, 0.2) is 5.82 Å². The van der Waals surface area contributed by atoms with E-state index in [0.717, 1.165) is 6.54 Å². The summed E-state index contributed by atoms with van der Waals surface area (Å²) in [5.41, 5.74) is 0.580. The lowest BCUT2D eigenvalue weighted by molar-refractivity contribution is 0.224. The van der Waals surface area contributed by atoms with E-state index in [1.807, 2.05) is 25.1 Å². The number of hydrogen-bond acceptors (Lipinski definition) is 6. The predicted molar refractivity (Wildman–Crippen MR) is 81.2 cm³/mol. The SMILES string of the molecule is CCN(Cc1nc2ccccc2c(=O)[nH]1)Cc1nc(C)no1. The molecule has 7 nitrogen and oxygen atoms in total. The monoisotopic (exact) mass is 299 g/mol. The van der Waals surface area contributed by atoms with Gasteiger partial charge in [0.05, 0.1) is 24.0 Å². The number of aryl methyl sites for hydroxylation is 1. The molecular formula is C15H17N5O2. The predicted octanol–water partition coefficient (Wildman–Crippen LogP) is 1.64. The van der Waals surface area contributed by atoms with Gasteiger partial charge in [-0.3, -0.25) is 9.69 Å². The first kappa shape index (κ1) is 14.4. The number of aromatic nitrogens is 4. The minimum atomic E-state index is -0.120. The summed E-state index contributed by atoms with van der Waals surface area (Å²) in [6, 6.07) is 7.31. The molecule has 2 heterocycles. The number of rotatable bonds is 5. The van der Waals surface area contributed by atoms with Gasteiger partial charge in [0.1, 0.15) is 5.82 Å². The van der Waals surface area contributed by atoms with Gasteiger partial charge in [-0.15, -0.1) is 0 Å². The summed E-state index contributed by atoms with van der Waals surface area (Å²) >= 11 is 0. The van der Waals surface area contributed by atoms with E-state index in [1.54, 1.807) is 13.0 Å². The van der Waals surface area contributed by atoms with Crippen LogP contribution in [0.5, 0.6) is 0 Å². The van der Waals surface area contributed by atoms with Crippen LogP contribution in [-0.2, 0) is 13.1 Å². The zero-order valence-corrected chi connectivity index (χ0v) is 12.5. The Labute approximate surface area is 127 Å². The maximum Gasteiger partial charge on any atom is 0.258 e. The lowest BCUT2D eigenvalue weighted by Crippen LogP contribution is -2.25. The van der Waals surface area contributed by atoms with Crippen molar-refractivity contribution in [3.05, 3.63) is 52.2 Å². The third-order valence-corrected chi connectivity index (χ3v) is 3.41. The molecule has 0 bridgehead atoms. The second-order valence-corrected chi connectivity index (χ2v) is 5.07. The molecule has 0 atom stereocenters. The average molecular weight is 299 g/mol. The summed E-state index contributed by atoms with van der Waals surface area (Å²) in [5, 5.41) is 4.38. The highest BCUT2D eigenvalue weighted by molar-refractivity contribution is 5.77. The van der Waals surface area contributed by atoms with Crippen LogP contribution in [0.2, 0.25) is 0 Å². The molecule has 0 spiro atoms. The standard InChI is InChI=1S/C15H17N5O2/c1-3-20(9-14-16-10(2)19-22-14)8-13-17-12-7-5-4-6-11(12)15(21)18-13/h4-7H,3,8-9H2,1-2H3,(H,17,18,21). The van der Waals surface area contributed by atoms with Gasteiger partial charge < -0.3 is 9.51 Å². The topological polar surface area (TPSA) is 87.9 Å². The number of benzene rings is 1. The second-order valence-electron chi connectivity index (χ2n) is 5.07. The lowest BCUT2D eigenvalue weighted by atomic mass is 10.2. The zero-order chi connectivity index (χ0) is 15.5. The second kappa shape index (κ2) is 6.07. The molecule has 0 radical (unpaired) electrons. The number of fused-ring (bicyclic) bond motifs is 1. The summed E-state index contributed by atoms with van der Waals surface area (Å²) in [6.45, 7) is 5.62. The van der Waals surface area contributed by atoms with Crippen molar-refractivity contribution < 1.29 is 4.52 Å². The Kier molecular flexibility index (Phi) is 3.97. The fourth-order valence-electron chi connectivity index (χ4n) is 2.30. The highest BCUT2D eigenvalue weighted by atomic mass is 16.5. The van der Waals surface area contributed by atoms with Crippen LogP contribution >= 0.6 is 0 Å². The van der Waals surface area contributed by atoms with Gasteiger partial charge >= 0.3 is 0 Å². The van der Waals surface area contributed by atoms with E-state index < -0.39 is 0 Å². The summed E-state index contributed by atoms with van der Waals surface area (Å²) < 4.78 is 5.13. The molecule has 1 N–H and O–H groups in total. The summed E-state index contributed by atoms with van der Waals surface area (Å²) in [4.78, 5) is 25.7. The van der Waals surface area contributed by atoms with Gasteiger partial charge in [0.25, 0.3) is 5.56 Å². The summed E-state index contributed by atoms with van der Waals surface area (Å²) in [5.74, 6) is 1.80. The molecule has 0 aliphatic rings. The van der Waals surface area contributed by atoms with E-state index in [0.29, 0.717) is 41.5 Å². The van der Waals surface area contributed by atoms with Crippen LogP contribution in [0.3, 0.4) is 0 Å². The van der Waals surface area contributed by atoms with Crippen molar-refractivity contribution in [2.75, 3.05) is 6.54 Å². The number of aromatic amines is 1. The Morgan fingerprint density at radius 2 is 2.05 bits per heavy atom. The van der Waals surface area contributed by atoms with E-state index in [9.17, 15) is 4.79 Å². The first-order valence-electron chi connectivity index (χ1n) is 7.15. The van der Waals surface area contributed by atoms with Crippen LogP contribution in [0.15, 0.2) is 33.6 Å². The Hall–Kier alpha value is -2.54. The van der Waals surface area contributed by atoms with Gasteiger partial charge in [0.2, 0.25) is 5.89 Å². The molecular weight excluding hydrogens is 282 g/mol. The van der Waals surface area contributed by atoms with Gasteiger partial charge in [-0.1, -0.05) is 24.2 Å². The minimum Gasteiger partial charge on any atom is -0.338 e. The van der Waals surface area contributed by atoms with Crippen LogP contribution in [0.25, 0.3) is 10.9 Å². The largest absolute Gasteiger partial charge is 0.338 e. The highest BCUT2D eigenvalue weighted by Gasteiger charge is 2.12. The summed E-state index contributed by atoms with van der Waals surface area (Å²) in [7, 11) is 0. The van der Waals surface area contributed by atoms with Gasteiger partial charge in [-0.2, -0.15) is 4.98 Å². The van der Waals surface area contributed by atoms with Crippen molar-refractivity contribution in [1.29, 1.82) is 0 Å². The Bertz CT molecular complexity index is 839. The first-order chi connectivity index (χ1) is 10.7. The van der Waals surface area contributed by atoms with E-state index in [1.165, 1.54) is 0 Å². The Morgan fingerprint density at radius 3 is 2.77 bits per heavy atom. The highest BCUT2D eigenvalue weighted by Crippen LogP contribution is 2.09. The van der Waals surface area contributed by atoms with Crippen LogP contribution in [0.1, 0.15) is 24.5 Å². The number of H-pyrrole nitrogens is 1. The quantitative estimate of drug-likeness (QED) is 0.770. The van der Waals surface area contributed by atoms with Crippen LogP contribution in [-0.4, -0.2) is 31.6 Å². The maximum atomic E-state index is 12.1. The van der Waals surface area contributed by atoms with Crippen LogP contribution in [0.4, 0.5) is 0 Å². The number of para-hydroxylation sites is 1. The molecule has 0 fully saturated rings. The van der Waals surface area contributed by atoms with Crippen LogP contribution < -0.4 is 5.56 Å². The van der Waals surface area contributed by atoms with E-state index >= 15 is 0 Å². The molecule has 0 saturated heterocycles. The number of nitrogens with zero attached hydrogens (tertiary/aromatic N) is 4. The molecule has 0 unspecified atom stereocenters. The third kappa shape index (κ3) is 3.04. The van der Waals surface area contributed by atoms with Crippen molar-refractivity contribution in [2.45, 2.75) is 26.9 Å². The minimum absolute atomic E-state index is 0.120. The fourth-order valence-corrected chi connectivity index (χ4v) is 2.30. The molecule has 22 heavy (non-hydrogen) atoms. The molecule has 0 saturated carbocycles. The van der Waals surface area contributed by atoms with Crippen LogP contribution in [0, 0.1) is 6.92 Å². The molecule has 3 rings (SSSR count). The Morgan fingerprint density at radius 1 is 1.23 bits per heavy atom. The average Bonchev–Trinajstić information content (AvgIpc) is 2.92. The molecule has 7 heteroatoms. The third-order valence-electron chi connectivity index (χ3n) is 3.41. The van der Waals surface area contributed by atoms with Gasteiger partial charge in [0, 0.05) is 0 Å². The first-order valence-corrected chi connectivity index (χ1v) is 7.15.